The van der Waals surface area contributed by atoms with Crippen LogP contribution in [0.25, 0.3) is 0 Å². The second-order valence-corrected chi connectivity index (χ2v) is 3.66. The number of nitrogens with one attached hydrogen (secondary N) is 1. The van der Waals surface area contributed by atoms with Gasteiger partial charge in [0.1, 0.15) is 11.9 Å². The number of hydrogen-bond donors (Lipinski definition) is 3. The predicted molar refractivity (Wildman–Crippen MR) is 58.5 cm³/mol. The number of aliphatic carboxylic acids is 1. The average Bonchev–Trinajstić information content (AvgIpc) is 2.23. The number of hydrogen-bond acceptors (Lipinski definition) is 3. The molecule has 0 bridgehead atoms. The van der Waals surface area contributed by atoms with Crippen molar-refractivity contribution in [2.24, 2.45) is 5.73 Å². The molecule has 4 nitrogen and oxygen atoms in total. The van der Waals surface area contributed by atoms with E-state index in [2.05, 4.69) is 5.32 Å². The summed E-state index contributed by atoms with van der Waals surface area (Å²) in [5.41, 5.74) is 6.78. The largest absolute Gasteiger partial charge is 0.480 e. The van der Waals surface area contributed by atoms with Gasteiger partial charge in [0.25, 0.3) is 0 Å². The molecule has 1 atom stereocenters. The van der Waals surface area contributed by atoms with Crippen molar-refractivity contribution < 1.29 is 14.3 Å². The van der Waals surface area contributed by atoms with E-state index < -0.39 is 12.0 Å². The minimum absolute atomic E-state index is 0.186. The minimum Gasteiger partial charge on any atom is -0.480 e. The molecule has 88 valence electrons. The van der Waals surface area contributed by atoms with Crippen molar-refractivity contribution in [1.29, 1.82) is 0 Å². The molecule has 0 aliphatic rings. The first-order valence-corrected chi connectivity index (χ1v) is 4.95. The summed E-state index contributed by atoms with van der Waals surface area (Å²) in [5.74, 6) is -1.28. The summed E-state index contributed by atoms with van der Waals surface area (Å²) in [5, 5.41) is 11.4. The van der Waals surface area contributed by atoms with E-state index in [0.29, 0.717) is 12.1 Å². The number of carboxylic acid groups (broad SMARTS) is 1. The van der Waals surface area contributed by atoms with Crippen LogP contribution in [-0.4, -0.2) is 23.7 Å². The second-order valence-electron chi connectivity index (χ2n) is 3.66. The highest BCUT2D eigenvalue weighted by atomic mass is 19.1. The molecule has 0 saturated carbocycles. The molecular weight excluding hydrogens is 211 g/mol. The number of aryl methyl sites for hydroxylation is 1. The molecule has 0 fully saturated rings. The fraction of sp³-hybridized carbons (Fsp3) is 0.364. The van der Waals surface area contributed by atoms with Gasteiger partial charge in [-0.05, 0) is 24.1 Å². The van der Waals surface area contributed by atoms with Crippen LogP contribution in [0.4, 0.5) is 4.39 Å². The summed E-state index contributed by atoms with van der Waals surface area (Å²) >= 11 is 0. The lowest BCUT2D eigenvalue weighted by atomic mass is 10.1. The summed E-state index contributed by atoms with van der Waals surface area (Å²) in [6, 6.07) is 3.85. The van der Waals surface area contributed by atoms with E-state index in [4.69, 9.17) is 10.8 Å². The second kappa shape index (κ2) is 5.58. The third kappa shape index (κ3) is 3.60. The molecule has 0 saturated heterocycles. The Morgan fingerprint density at radius 2 is 2.31 bits per heavy atom. The van der Waals surface area contributed by atoms with E-state index in [1.165, 1.54) is 6.07 Å². The molecule has 5 heteroatoms. The van der Waals surface area contributed by atoms with E-state index in [1.807, 2.05) is 0 Å². The Balaban J connectivity index is 2.43. The van der Waals surface area contributed by atoms with Gasteiger partial charge < -0.3 is 16.2 Å². The zero-order valence-electron chi connectivity index (χ0n) is 9.03. The molecule has 0 aromatic heterocycles. The molecule has 16 heavy (non-hydrogen) atoms. The van der Waals surface area contributed by atoms with Gasteiger partial charge in [0.15, 0.2) is 0 Å². The Morgan fingerprint density at radius 1 is 1.62 bits per heavy atom. The normalized spacial score (nSPS) is 12.4. The fourth-order valence-electron chi connectivity index (χ4n) is 1.28. The Morgan fingerprint density at radius 3 is 2.88 bits per heavy atom. The Hall–Kier alpha value is -1.46. The molecule has 1 aromatic carbocycles. The van der Waals surface area contributed by atoms with Gasteiger partial charge in [-0.15, -0.1) is 0 Å². The van der Waals surface area contributed by atoms with Gasteiger partial charge in [0, 0.05) is 13.1 Å². The molecule has 0 aliphatic carbocycles. The van der Waals surface area contributed by atoms with E-state index in [-0.39, 0.29) is 12.4 Å². The molecule has 1 unspecified atom stereocenters. The summed E-state index contributed by atoms with van der Waals surface area (Å²) in [6.07, 6.45) is 0. The van der Waals surface area contributed by atoms with Crippen LogP contribution in [0.15, 0.2) is 18.2 Å². The minimum atomic E-state index is -1.04. The van der Waals surface area contributed by atoms with E-state index in [9.17, 15) is 9.18 Å². The smallest absolute Gasteiger partial charge is 0.321 e. The summed E-state index contributed by atoms with van der Waals surface area (Å²) < 4.78 is 12.9. The van der Waals surface area contributed by atoms with Crippen molar-refractivity contribution in [3.8, 4) is 0 Å². The quantitative estimate of drug-likeness (QED) is 0.688. The monoisotopic (exact) mass is 226 g/mol. The number of carbonyl (C=O) groups is 1. The third-order valence-electron chi connectivity index (χ3n) is 2.23. The van der Waals surface area contributed by atoms with Crippen LogP contribution in [0.5, 0.6) is 0 Å². The molecule has 1 rings (SSSR count). The maximum atomic E-state index is 12.9. The molecule has 0 radical (unpaired) electrons. The summed E-state index contributed by atoms with van der Waals surface area (Å²) in [7, 11) is 0. The van der Waals surface area contributed by atoms with Crippen LogP contribution in [0.2, 0.25) is 0 Å². The van der Waals surface area contributed by atoms with Gasteiger partial charge in [-0.2, -0.15) is 0 Å². The van der Waals surface area contributed by atoms with Crippen molar-refractivity contribution in [2.45, 2.75) is 19.5 Å². The van der Waals surface area contributed by atoms with Crippen molar-refractivity contribution in [2.75, 3.05) is 6.54 Å². The molecule has 4 N–H and O–H groups in total. The highest BCUT2D eigenvalue weighted by molar-refractivity contribution is 5.73. The summed E-state index contributed by atoms with van der Waals surface area (Å²) in [6.45, 7) is 2.34. The number of benzene rings is 1. The Kier molecular flexibility index (Phi) is 4.39. The number of nitrogens with two attached hydrogens (primary N) is 1. The zero-order valence-corrected chi connectivity index (χ0v) is 9.03. The average molecular weight is 226 g/mol. The number of rotatable bonds is 5. The van der Waals surface area contributed by atoms with Crippen LogP contribution in [-0.2, 0) is 11.3 Å². The maximum absolute atomic E-state index is 12.9. The molecule has 0 heterocycles. The highest BCUT2D eigenvalue weighted by Crippen LogP contribution is 2.08. The molecule has 0 aliphatic heterocycles. The predicted octanol–water partition coefficient (Wildman–Crippen LogP) is 0.636. The van der Waals surface area contributed by atoms with Gasteiger partial charge >= 0.3 is 5.97 Å². The van der Waals surface area contributed by atoms with Crippen LogP contribution in [0, 0.1) is 12.7 Å². The Bertz CT molecular complexity index is 382. The van der Waals surface area contributed by atoms with E-state index >= 15 is 0 Å². The van der Waals surface area contributed by atoms with Gasteiger partial charge in [0.2, 0.25) is 0 Å². The molecule has 0 spiro atoms. The zero-order chi connectivity index (χ0) is 12.1. The number of halogens is 1. The van der Waals surface area contributed by atoms with E-state index in [0.717, 1.165) is 5.56 Å². The lowest BCUT2D eigenvalue weighted by Gasteiger charge is -2.09. The van der Waals surface area contributed by atoms with Gasteiger partial charge in [-0.25, -0.2) is 4.39 Å². The summed E-state index contributed by atoms with van der Waals surface area (Å²) in [4.78, 5) is 10.4. The van der Waals surface area contributed by atoms with Crippen molar-refractivity contribution in [3.63, 3.8) is 0 Å². The first kappa shape index (κ1) is 12.6. The lowest BCUT2D eigenvalue weighted by Crippen LogP contribution is -2.40. The van der Waals surface area contributed by atoms with Crippen LogP contribution >= 0.6 is 0 Å². The van der Waals surface area contributed by atoms with Crippen LogP contribution < -0.4 is 11.1 Å². The first-order chi connectivity index (χ1) is 7.50. The van der Waals surface area contributed by atoms with E-state index in [1.54, 1.807) is 19.1 Å². The Labute approximate surface area is 93.3 Å². The molecule has 1 aromatic rings. The van der Waals surface area contributed by atoms with Crippen molar-refractivity contribution in [3.05, 3.63) is 35.1 Å². The first-order valence-electron chi connectivity index (χ1n) is 4.95. The lowest BCUT2D eigenvalue weighted by molar-refractivity contribution is -0.138. The van der Waals surface area contributed by atoms with Gasteiger partial charge in [0.05, 0.1) is 0 Å². The SMILES string of the molecule is Cc1cc(CNCC(N)C(=O)O)ccc1F. The third-order valence-corrected chi connectivity index (χ3v) is 2.23. The topological polar surface area (TPSA) is 75.3 Å². The number of carboxylic acids is 1. The van der Waals surface area contributed by atoms with Crippen LogP contribution in [0.3, 0.4) is 0 Å². The van der Waals surface area contributed by atoms with Crippen molar-refractivity contribution >= 4 is 5.97 Å². The van der Waals surface area contributed by atoms with Gasteiger partial charge in [-0.3, -0.25) is 4.79 Å². The molecular formula is C11H15FN2O2. The van der Waals surface area contributed by atoms with Crippen LogP contribution in [0.1, 0.15) is 11.1 Å². The standard InChI is InChI=1S/C11H15FN2O2/c1-7-4-8(2-3-9(7)12)5-14-6-10(13)11(15)16/h2-4,10,14H,5-6,13H2,1H3,(H,15,16). The molecule has 0 amide bonds. The fourth-order valence-corrected chi connectivity index (χ4v) is 1.28. The van der Waals surface area contributed by atoms with Gasteiger partial charge in [-0.1, -0.05) is 12.1 Å². The van der Waals surface area contributed by atoms with Crippen molar-refractivity contribution in [1.82, 2.24) is 5.32 Å². The maximum Gasteiger partial charge on any atom is 0.321 e. The highest BCUT2D eigenvalue weighted by Gasteiger charge is 2.09.